The van der Waals surface area contributed by atoms with Crippen LogP contribution in [0.2, 0.25) is 0 Å². The molecule has 3 N–H and O–H groups in total. The second kappa shape index (κ2) is 4.74. The molecule has 12 heteroatoms. The topological polar surface area (TPSA) is 163 Å². The second-order valence-corrected chi connectivity index (χ2v) is 10.2. The van der Waals surface area contributed by atoms with Gasteiger partial charge in [-0.1, -0.05) is 0 Å². The Labute approximate surface area is 121 Å². The summed E-state index contributed by atoms with van der Waals surface area (Å²) in [5.41, 5.74) is 0. The van der Waals surface area contributed by atoms with Crippen LogP contribution in [-0.2, 0) is 29.5 Å². The minimum atomic E-state index is -4.48. The SMILES string of the molecule is CS(=O)(=O)c1c(O)c(O)c(O)c(S(C)(=O)=O)c1S(C)(=O)=O. The Kier molecular flexibility index (Phi) is 3.96. The molecule has 0 fully saturated rings. The summed E-state index contributed by atoms with van der Waals surface area (Å²) in [4.78, 5) is -3.87. The Bertz CT molecular complexity index is 862. The Morgan fingerprint density at radius 3 is 0.952 bits per heavy atom. The summed E-state index contributed by atoms with van der Waals surface area (Å²) >= 11 is 0. The molecule has 0 aliphatic carbocycles. The largest absolute Gasteiger partial charge is 0.503 e. The molecule has 9 nitrogen and oxygen atoms in total. The first-order valence-electron chi connectivity index (χ1n) is 5.01. The minimum Gasteiger partial charge on any atom is -0.503 e. The third-order valence-electron chi connectivity index (χ3n) is 2.40. The van der Waals surface area contributed by atoms with E-state index >= 15 is 0 Å². The summed E-state index contributed by atoms with van der Waals surface area (Å²) < 4.78 is 70.1. The van der Waals surface area contributed by atoms with Gasteiger partial charge in [-0.3, -0.25) is 0 Å². The van der Waals surface area contributed by atoms with Gasteiger partial charge in [0.2, 0.25) is 5.75 Å². The predicted octanol–water partition coefficient (Wildman–Crippen LogP) is -0.986. The second-order valence-electron chi connectivity index (χ2n) is 4.35. The van der Waals surface area contributed by atoms with Gasteiger partial charge in [0.05, 0.1) is 0 Å². The lowest BCUT2D eigenvalue weighted by Crippen LogP contribution is -2.14. The number of aromatic hydroxyl groups is 3. The van der Waals surface area contributed by atoms with Crippen molar-refractivity contribution in [2.24, 2.45) is 0 Å². The number of phenols is 3. The Morgan fingerprint density at radius 1 is 0.524 bits per heavy atom. The molecule has 0 bridgehead atoms. The van der Waals surface area contributed by atoms with Gasteiger partial charge in [0, 0.05) is 18.8 Å². The number of sulfone groups is 3. The lowest BCUT2D eigenvalue weighted by molar-refractivity contribution is 0.348. The first-order valence-corrected chi connectivity index (χ1v) is 10.7. The van der Waals surface area contributed by atoms with Crippen LogP contribution in [0.1, 0.15) is 0 Å². The van der Waals surface area contributed by atoms with Crippen LogP contribution >= 0.6 is 0 Å². The van der Waals surface area contributed by atoms with Crippen molar-refractivity contribution in [3.8, 4) is 17.2 Å². The lowest BCUT2D eigenvalue weighted by Gasteiger charge is -2.15. The molecule has 21 heavy (non-hydrogen) atoms. The molecule has 120 valence electrons. The van der Waals surface area contributed by atoms with E-state index in [0.29, 0.717) is 18.8 Å². The molecule has 0 heterocycles. The summed E-state index contributed by atoms with van der Waals surface area (Å²) in [7, 11) is -13.3. The van der Waals surface area contributed by atoms with E-state index in [-0.39, 0.29) is 0 Å². The average molecular weight is 360 g/mol. The molecular formula is C9H12O9S3. The highest BCUT2D eigenvalue weighted by atomic mass is 32.2. The molecule has 1 rings (SSSR count). The van der Waals surface area contributed by atoms with E-state index < -0.39 is 61.4 Å². The van der Waals surface area contributed by atoms with Crippen molar-refractivity contribution in [1.82, 2.24) is 0 Å². The molecule has 0 radical (unpaired) electrons. The van der Waals surface area contributed by atoms with E-state index in [2.05, 4.69) is 0 Å². The van der Waals surface area contributed by atoms with Crippen LogP contribution in [0.4, 0.5) is 0 Å². The van der Waals surface area contributed by atoms with Crippen molar-refractivity contribution in [3.63, 3.8) is 0 Å². The van der Waals surface area contributed by atoms with Gasteiger partial charge in [-0.2, -0.15) is 0 Å². The van der Waals surface area contributed by atoms with Crippen LogP contribution in [0.3, 0.4) is 0 Å². The Balaban J connectivity index is 4.45. The highest BCUT2D eigenvalue weighted by Crippen LogP contribution is 2.48. The third kappa shape index (κ3) is 3.06. The quantitative estimate of drug-likeness (QED) is 0.574. The number of hydrogen-bond donors (Lipinski definition) is 3. The van der Waals surface area contributed by atoms with Gasteiger partial charge in [0.25, 0.3) is 0 Å². The van der Waals surface area contributed by atoms with E-state index in [1.54, 1.807) is 0 Å². The molecule has 0 aromatic heterocycles. The standard InChI is InChI=1S/C9H12O9S3/c1-19(13,14)7-5(11)4(10)6(12)8(20(2,15)16)9(7)21(3,17)18/h10-12H,1-3H3. The van der Waals surface area contributed by atoms with Crippen molar-refractivity contribution < 1.29 is 40.6 Å². The van der Waals surface area contributed by atoms with Crippen LogP contribution in [0.5, 0.6) is 17.2 Å². The summed E-state index contributed by atoms with van der Waals surface area (Å²) in [5, 5.41) is 28.7. The first kappa shape index (κ1) is 17.5. The Morgan fingerprint density at radius 2 is 0.762 bits per heavy atom. The van der Waals surface area contributed by atoms with Gasteiger partial charge >= 0.3 is 0 Å². The highest BCUT2D eigenvalue weighted by Gasteiger charge is 2.37. The smallest absolute Gasteiger partial charge is 0.203 e. The fourth-order valence-electron chi connectivity index (χ4n) is 1.67. The van der Waals surface area contributed by atoms with E-state index in [1.165, 1.54) is 0 Å². The van der Waals surface area contributed by atoms with Crippen LogP contribution in [0, 0.1) is 0 Å². The van der Waals surface area contributed by atoms with Gasteiger partial charge in [-0.15, -0.1) is 0 Å². The van der Waals surface area contributed by atoms with Gasteiger partial charge in [-0.25, -0.2) is 25.3 Å². The molecule has 0 aliphatic heterocycles. The Hall–Kier alpha value is -1.53. The molecule has 1 aromatic rings. The van der Waals surface area contributed by atoms with Crippen molar-refractivity contribution in [1.29, 1.82) is 0 Å². The van der Waals surface area contributed by atoms with Crippen LogP contribution in [-0.4, -0.2) is 59.3 Å². The van der Waals surface area contributed by atoms with E-state index in [9.17, 15) is 40.6 Å². The maximum absolute atomic E-state index is 11.8. The summed E-state index contributed by atoms with van der Waals surface area (Å²) in [6.45, 7) is 0. The fraction of sp³-hybridized carbons (Fsp3) is 0.333. The van der Waals surface area contributed by atoms with Gasteiger partial charge in [-0.05, 0) is 0 Å². The van der Waals surface area contributed by atoms with Crippen molar-refractivity contribution >= 4 is 29.5 Å². The summed E-state index contributed by atoms with van der Waals surface area (Å²) in [6, 6.07) is 0. The van der Waals surface area contributed by atoms with Crippen molar-refractivity contribution in [3.05, 3.63) is 0 Å². The summed E-state index contributed by atoms with van der Waals surface area (Å²) in [5.74, 6) is -4.33. The number of benzene rings is 1. The molecule has 0 amide bonds. The number of hydrogen-bond acceptors (Lipinski definition) is 9. The minimum absolute atomic E-state index is 0.502. The zero-order valence-electron chi connectivity index (χ0n) is 11.0. The first-order chi connectivity index (χ1) is 9.10. The molecule has 0 atom stereocenters. The molecule has 0 saturated carbocycles. The maximum atomic E-state index is 11.8. The average Bonchev–Trinajstić information content (AvgIpc) is 2.19. The molecule has 0 spiro atoms. The van der Waals surface area contributed by atoms with Crippen LogP contribution in [0.15, 0.2) is 14.7 Å². The normalized spacial score (nSPS) is 13.3. The van der Waals surface area contributed by atoms with Crippen LogP contribution in [0.25, 0.3) is 0 Å². The zero-order valence-corrected chi connectivity index (χ0v) is 13.5. The monoisotopic (exact) mass is 360 g/mol. The molecular weight excluding hydrogens is 348 g/mol. The van der Waals surface area contributed by atoms with E-state index in [1.807, 2.05) is 0 Å². The lowest BCUT2D eigenvalue weighted by atomic mass is 10.3. The zero-order chi connectivity index (χ0) is 17.0. The predicted molar refractivity (Wildman–Crippen MR) is 70.8 cm³/mol. The van der Waals surface area contributed by atoms with Crippen LogP contribution < -0.4 is 0 Å². The van der Waals surface area contributed by atoms with Gasteiger partial charge in [0.15, 0.2) is 41.0 Å². The van der Waals surface area contributed by atoms with Crippen molar-refractivity contribution in [2.45, 2.75) is 14.7 Å². The van der Waals surface area contributed by atoms with Gasteiger partial charge < -0.3 is 15.3 Å². The van der Waals surface area contributed by atoms with E-state index in [4.69, 9.17) is 0 Å². The molecule has 0 unspecified atom stereocenters. The molecule has 0 saturated heterocycles. The molecule has 1 aromatic carbocycles. The summed E-state index contributed by atoms with van der Waals surface area (Å²) in [6.07, 6.45) is 1.53. The molecule has 0 aliphatic rings. The third-order valence-corrected chi connectivity index (χ3v) is 6.09. The van der Waals surface area contributed by atoms with Gasteiger partial charge in [0.1, 0.15) is 14.7 Å². The number of phenolic OH excluding ortho intramolecular Hbond substituents is 3. The van der Waals surface area contributed by atoms with E-state index in [0.717, 1.165) is 0 Å². The van der Waals surface area contributed by atoms with Crippen molar-refractivity contribution in [2.75, 3.05) is 18.8 Å². The highest BCUT2D eigenvalue weighted by molar-refractivity contribution is 7.95. The number of rotatable bonds is 3. The maximum Gasteiger partial charge on any atom is 0.203 e. The fourth-order valence-corrected chi connectivity index (χ4v) is 6.19.